The number of hydrogen-bond donors (Lipinski definition) is 0. The van der Waals surface area contributed by atoms with E-state index in [0.29, 0.717) is 17.9 Å². The van der Waals surface area contributed by atoms with E-state index in [1.54, 1.807) is 0 Å². The van der Waals surface area contributed by atoms with Gasteiger partial charge in [-0.2, -0.15) is 0 Å². The van der Waals surface area contributed by atoms with E-state index in [-0.39, 0.29) is 29.3 Å². The van der Waals surface area contributed by atoms with Gasteiger partial charge in [0.2, 0.25) is 0 Å². The van der Waals surface area contributed by atoms with Crippen molar-refractivity contribution in [2.24, 2.45) is 17.8 Å². The summed E-state index contributed by atoms with van der Waals surface area (Å²) in [5.41, 5.74) is 1.76. The van der Waals surface area contributed by atoms with E-state index in [0.717, 1.165) is 17.3 Å². The molecule has 1 saturated carbocycles. The molecule has 3 nitrogen and oxygen atoms in total. The van der Waals surface area contributed by atoms with Gasteiger partial charge in [-0.05, 0) is 0 Å². The van der Waals surface area contributed by atoms with Gasteiger partial charge in [0.1, 0.15) is 0 Å². The fraction of sp³-hybridized carbons (Fsp3) is 0.714. The summed E-state index contributed by atoms with van der Waals surface area (Å²) in [5, 5.41) is 9.63. The molecule has 1 aromatic rings. The number of esters is 1. The fourth-order valence-electron chi connectivity index (χ4n) is 7.05. The molecule has 218 valence electrons. The Bertz CT molecular complexity index is 897. The van der Waals surface area contributed by atoms with Gasteiger partial charge < -0.3 is 0 Å². The Morgan fingerprint density at radius 2 is 1.62 bits per heavy atom. The summed E-state index contributed by atoms with van der Waals surface area (Å²) in [6.45, 7) is 17.8. The number of carbonyl (C=O) groups is 1. The van der Waals surface area contributed by atoms with Crippen LogP contribution in [0.5, 0.6) is 0 Å². The molecule has 0 saturated heterocycles. The van der Waals surface area contributed by atoms with Crippen LogP contribution in [-0.4, -0.2) is 30.5 Å². The minimum absolute atomic E-state index is 0.0510. The van der Waals surface area contributed by atoms with Crippen LogP contribution in [0.2, 0.25) is 17.7 Å². The summed E-state index contributed by atoms with van der Waals surface area (Å²) in [7, 11) is 0. The van der Waals surface area contributed by atoms with Crippen molar-refractivity contribution in [2.45, 2.75) is 135 Å². The second-order valence-electron chi connectivity index (χ2n) is 13.2. The summed E-state index contributed by atoms with van der Waals surface area (Å²) >= 11 is -2.64. The average molecular weight is 643 g/mol. The maximum absolute atomic E-state index is 14.1. The molecule has 0 heterocycles. The number of carbonyl (C=O) groups excluding carboxylic acids is 1. The summed E-state index contributed by atoms with van der Waals surface area (Å²) in [5.74, 6) is 0.574. The zero-order chi connectivity index (χ0) is 28.9. The molecule has 0 aromatic heterocycles. The van der Waals surface area contributed by atoms with Crippen molar-refractivity contribution >= 4 is 24.3 Å². The molecule has 2 rings (SSSR count). The monoisotopic (exact) mass is 643 g/mol. The van der Waals surface area contributed by atoms with E-state index in [1.165, 1.54) is 63.8 Å². The Balaban J connectivity index is 2.36. The number of hydrogen-bond acceptors (Lipinski definition) is 3. The van der Waals surface area contributed by atoms with Crippen molar-refractivity contribution < 1.29 is 9.53 Å². The molecule has 0 bridgehead atoms. The van der Waals surface area contributed by atoms with Gasteiger partial charge >= 0.3 is 246 Å². The van der Waals surface area contributed by atoms with E-state index in [9.17, 15) is 10.1 Å². The molecule has 0 spiro atoms. The molecule has 4 atom stereocenters. The third kappa shape index (κ3) is 10.2. The summed E-state index contributed by atoms with van der Waals surface area (Å²) in [4.78, 5) is 14.1. The first-order valence-electron chi connectivity index (χ1n) is 16.0. The topological polar surface area (TPSA) is 50.1 Å². The van der Waals surface area contributed by atoms with Crippen LogP contribution in [0.15, 0.2) is 42.5 Å². The van der Waals surface area contributed by atoms with Crippen molar-refractivity contribution in [2.75, 3.05) is 0 Å². The molecule has 1 fully saturated rings. The molecule has 1 aliphatic carbocycles. The van der Waals surface area contributed by atoms with Crippen LogP contribution < -0.4 is 0 Å². The predicted molar refractivity (Wildman–Crippen MR) is 168 cm³/mol. The Kier molecular flexibility index (Phi) is 14.7. The van der Waals surface area contributed by atoms with E-state index in [1.807, 2.05) is 0 Å². The van der Waals surface area contributed by atoms with Gasteiger partial charge in [0, 0.05) is 0 Å². The molecule has 39 heavy (non-hydrogen) atoms. The predicted octanol–water partition coefficient (Wildman–Crippen LogP) is 10.2. The number of rotatable bonds is 17. The molecule has 0 aliphatic heterocycles. The molecule has 0 radical (unpaired) electrons. The van der Waals surface area contributed by atoms with E-state index < -0.39 is 18.4 Å². The van der Waals surface area contributed by atoms with Crippen LogP contribution >= 0.6 is 0 Å². The second-order valence-corrected chi connectivity index (χ2v) is 27.2. The van der Waals surface area contributed by atoms with Crippen LogP contribution in [0, 0.1) is 29.1 Å². The van der Waals surface area contributed by atoms with Gasteiger partial charge in [0.15, 0.2) is 0 Å². The van der Waals surface area contributed by atoms with Crippen molar-refractivity contribution in [1.29, 1.82) is 5.26 Å². The standard InChI is InChI=1S/C23H30NO2.3C4H9.Sn/c1-16-11-12-20(23(4,5)19-9-7-6-8-10-19)21(14-16)26-22(25)18(3)13-17(2)15-24;3*1-3-4-2;/h6-10,16,18,20-21H,2-3,11-14H2,1,4-5H3;3*1,3-4H2,2H3;/t16-,18-,20-,21-;;;;/m1..../s1. The number of unbranched alkanes of at least 4 members (excludes halogenated alkanes) is 3. The Morgan fingerprint density at radius 1 is 1.05 bits per heavy atom. The summed E-state index contributed by atoms with van der Waals surface area (Å²) < 4.78 is 11.7. The molecule has 4 heteroatoms. The van der Waals surface area contributed by atoms with Gasteiger partial charge in [-0.3, -0.25) is 0 Å². The SMILES string of the molecule is C=C(C#N)C[C@@H]([CH2][Sn]([CH2]CCC)([CH2]CCC)[CH2]CCC)C(=O)O[C@@H]1C[C@H](C)CC[C@H]1C(C)(C)c1ccccc1. The van der Waals surface area contributed by atoms with Crippen LogP contribution in [-0.2, 0) is 14.9 Å². The van der Waals surface area contributed by atoms with Crippen LogP contribution in [0.1, 0.15) is 111 Å². The third-order valence-corrected chi connectivity index (χ3v) is 25.6. The second kappa shape index (κ2) is 16.9. The third-order valence-electron chi connectivity index (χ3n) is 9.61. The summed E-state index contributed by atoms with van der Waals surface area (Å²) in [6.07, 6.45) is 11.0. The van der Waals surface area contributed by atoms with E-state index in [2.05, 4.69) is 84.5 Å². The molecule has 0 unspecified atom stereocenters. The first-order valence-corrected chi connectivity index (χ1v) is 24.0. The quantitative estimate of drug-likeness (QED) is 0.0966. The van der Waals surface area contributed by atoms with Gasteiger partial charge in [-0.1, -0.05) is 0 Å². The fourth-order valence-corrected chi connectivity index (χ4v) is 24.3. The molecular weight excluding hydrogens is 585 g/mol. The number of nitriles is 1. The Labute approximate surface area is 245 Å². The average Bonchev–Trinajstić information content (AvgIpc) is 2.93. The summed E-state index contributed by atoms with van der Waals surface area (Å²) in [6, 6.07) is 13.0. The number of nitrogens with zero attached hydrogens (tertiary/aromatic N) is 1. The molecule has 1 aliphatic rings. The Morgan fingerprint density at radius 3 is 2.13 bits per heavy atom. The van der Waals surface area contributed by atoms with Crippen molar-refractivity contribution in [3.8, 4) is 6.07 Å². The van der Waals surface area contributed by atoms with Crippen LogP contribution in [0.3, 0.4) is 0 Å². The molecule has 0 N–H and O–H groups in total. The molecule has 0 amide bonds. The normalized spacial score (nSPS) is 20.7. The van der Waals surface area contributed by atoms with Crippen LogP contribution in [0.25, 0.3) is 0 Å². The van der Waals surface area contributed by atoms with E-state index in [4.69, 9.17) is 4.74 Å². The van der Waals surface area contributed by atoms with Crippen molar-refractivity contribution in [1.82, 2.24) is 0 Å². The Hall–Kier alpha value is -1.28. The first-order chi connectivity index (χ1) is 18.6. The number of ether oxygens (including phenoxy) is 1. The number of allylic oxidation sites excluding steroid dienone is 1. The molecular formula is C35H57NO2Sn. The van der Waals surface area contributed by atoms with E-state index >= 15 is 0 Å². The minimum atomic E-state index is -2.64. The molecule has 1 aromatic carbocycles. The van der Waals surface area contributed by atoms with Crippen molar-refractivity contribution in [3.63, 3.8) is 0 Å². The zero-order valence-electron chi connectivity index (χ0n) is 26.1. The maximum atomic E-state index is 14.1. The first kappa shape index (κ1) is 33.9. The van der Waals surface area contributed by atoms with Gasteiger partial charge in [0.25, 0.3) is 0 Å². The van der Waals surface area contributed by atoms with Crippen molar-refractivity contribution in [3.05, 3.63) is 48.0 Å². The van der Waals surface area contributed by atoms with Gasteiger partial charge in [-0.25, -0.2) is 0 Å². The van der Waals surface area contributed by atoms with Gasteiger partial charge in [0.05, 0.1) is 0 Å². The van der Waals surface area contributed by atoms with Gasteiger partial charge in [-0.15, -0.1) is 0 Å². The van der Waals surface area contributed by atoms with Crippen LogP contribution in [0.4, 0.5) is 0 Å². The number of benzene rings is 1. The zero-order valence-corrected chi connectivity index (χ0v) is 28.9.